The molecule has 0 N–H and O–H groups in total. The molecule has 1 aromatic heterocycles. The van der Waals surface area contributed by atoms with Crippen molar-refractivity contribution in [1.82, 2.24) is 14.8 Å². The third-order valence-corrected chi connectivity index (χ3v) is 6.54. The van der Waals surface area contributed by atoms with E-state index in [2.05, 4.69) is 4.98 Å². The highest BCUT2D eigenvalue weighted by Crippen LogP contribution is 2.34. The number of rotatable bonds is 5. The standard InChI is InChI=1S/C24H30FN3O4S/c1-24(2,3)32-23(30)27-11-9-16(10-12-27)28(15-5-6-15)22(29)20-14-31-21(26-20)18-8-7-17(33-4)13-19(18)25/h7-8,13-16H,5-6,9-12H2,1-4H3. The monoisotopic (exact) mass is 475 g/mol. The third-order valence-electron chi connectivity index (χ3n) is 5.81. The number of carbonyl (C=O) groups excluding carboxylic acids is 2. The van der Waals surface area contributed by atoms with Crippen molar-refractivity contribution in [2.45, 2.75) is 69.0 Å². The summed E-state index contributed by atoms with van der Waals surface area (Å²) >= 11 is 1.45. The topological polar surface area (TPSA) is 75.9 Å². The van der Waals surface area contributed by atoms with Crippen LogP contribution in [-0.4, -0.2) is 63.8 Å². The van der Waals surface area contributed by atoms with Crippen molar-refractivity contribution in [2.75, 3.05) is 19.3 Å². The summed E-state index contributed by atoms with van der Waals surface area (Å²) in [6, 6.07) is 5.03. The first-order chi connectivity index (χ1) is 15.7. The summed E-state index contributed by atoms with van der Waals surface area (Å²) in [7, 11) is 0. The molecule has 4 rings (SSSR count). The molecule has 33 heavy (non-hydrogen) atoms. The first-order valence-electron chi connectivity index (χ1n) is 11.3. The van der Waals surface area contributed by atoms with Crippen LogP contribution in [-0.2, 0) is 4.74 Å². The minimum Gasteiger partial charge on any atom is -0.444 e. The summed E-state index contributed by atoms with van der Waals surface area (Å²) in [5.74, 6) is -0.542. The van der Waals surface area contributed by atoms with Gasteiger partial charge in [-0.25, -0.2) is 14.2 Å². The molecule has 1 saturated carbocycles. The van der Waals surface area contributed by atoms with Crippen molar-refractivity contribution in [3.8, 4) is 11.5 Å². The molecule has 2 fully saturated rings. The smallest absolute Gasteiger partial charge is 0.410 e. The lowest BCUT2D eigenvalue weighted by molar-refractivity contribution is 0.0141. The van der Waals surface area contributed by atoms with E-state index in [0.29, 0.717) is 25.9 Å². The number of oxazole rings is 1. The Balaban J connectivity index is 1.45. The van der Waals surface area contributed by atoms with Crippen molar-refractivity contribution in [3.05, 3.63) is 36.0 Å². The molecule has 1 aliphatic carbocycles. The summed E-state index contributed by atoms with van der Waals surface area (Å²) < 4.78 is 25.4. The molecule has 9 heteroatoms. The number of hydrogen-bond donors (Lipinski definition) is 0. The summed E-state index contributed by atoms with van der Waals surface area (Å²) in [5, 5.41) is 0. The van der Waals surface area contributed by atoms with Crippen LogP contribution in [0, 0.1) is 5.82 Å². The largest absolute Gasteiger partial charge is 0.444 e. The molecule has 7 nitrogen and oxygen atoms in total. The van der Waals surface area contributed by atoms with Crippen molar-refractivity contribution in [2.24, 2.45) is 0 Å². The number of hydrogen-bond acceptors (Lipinski definition) is 6. The summed E-state index contributed by atoms with van der Waals surface area (Å²) in [5.41, 5.74) is -0.126. The van der Waals surface area contributed by atoms with E-state index in [4.69, 9.17) is 9.15 Å². The van der Waals surface area contributed by atoms with Crippen LogP contribution in [0.5, 0.6) is 0 Å². The fourth-order valence-electron chi connectivity index (χ4n) is 4.06. The Labute approximate surface area is 197 Å². The second kappa shape index (κ2) is 9.37. The highest BCUT2D eigenvalue weighted by Gasteiger charge is 2.40. The van der Waals surface area contributed by atoms with Gasteiger partial charge in [-0.1, -0.05) is 0 Å². The fourth-order valence-corrected chi connectivity index (χ4v) is 4.49. The lowest BCUT2D eigenvalue weighted by Gasteiger charge is -2.38. The van der Waals surface area contributed by atoms with Gasteiger partial charge in [-0.3, -0.25) is 4.79 Å². The molecule has 178 valence electrons. The molecular weight excluding hydrogens is 445 g/mol. The van der Waals surface area contributed by atoms with Crippen LogP contribution in [0.3, 0.4) is 0 Å². The maximum Gasteiger partial charge on any atom is 0.410 e. The van der Waals surface area contributed by atoms with Crippen LogP contribution in [0.4, 0.5) is 9.18 Å². The van der Waals surface area contributed by atoms with Gasteiger partial charge in [-0.15, -0.1) is 11.8 Å². The van der Waals surface area contributed by atoms with Crippen LogP contribution in [0.15, 0.2) is 33.8 Å². The number of nitrogens with zero attached hydrogens (tertiary/aromatic N) is 3. The number of carbonyl (C=O) groups is 2. The first-order valence-corrected chi connectivity index (χ1v) is 12.5. The molecular formula is C24H30FN3O4S. The molecule has 0 spiro atoms. The van der Waals surface area contributed by atoms with E-state index in [1.54, 1.807) is 17.0 Å². The Hall–Kier alpha value is -2.55. The molecule has 0 atom stereocenters. The molecule has 2 aliphatic rings. The summed E-state index contributed by atoms with van der Waals surface area (Å²) in [6.07, 6.45) is 6.13. The van der Waals surface area contributed by atoms with E-state index >= 15 is 0 Å². The fraction of sp³-hybridized carbons (Fsp3) is 0.542. The zero-order valence-corrected chi connectivity index (χ0v) is 20.3. The average Bonchev–Trinajstić information content (AvgIpc) is 3.47. The van der Waals surface area contributed by atoms with Crippen molar-refractivity contribution >= 4 is 23.8 Å². The normalized spacial score (nSPS) is 17.2. The van der Waals surface area contributed by atoms with Crippen LogP contribution in [0.2, 0.25) is 0 Å². The van der Waals surface area contributed by atoms with E-state index in [1.807, 2.05) is 31.9 Å². The highest BCUT2D eigenvalue weighted by molar-refractivity contribution is 7.98. The molecule has 0 bridgehead atoms. The number of benzene rings is 1. The predicted octanol–water partition coefficient (Wildman–Crippen LogP) is 5.21. The number of piperidine rings is 1. The minimum atomic E-state index is -0.538. The Kier molecular flexibility index (Phi) is 6.70. The molecule has 0 radical (unpaired) electrons. The quantitative estimate of drug-likeness (QED) is 0.553. The highest BCUT2D eigenvalue weighted by atomic mass is 32.2. The Morgan fingerprint density at radius 3 is 2.42 bits per heavy atom. The van der Waals surface area contributed by atoms with Gasteiger partial charge >= 0.3 is 6.09 Å². The summed E-state index contributed by atoms with van der Waals surface area (Å²) in [4.78, 5) is 34.4. The van der Waals surface area contributed by atoms with Gasteiger partial charge in [0, 0.05) is 30.1 Å². The maximum absolute atomic E-state index is 14.5. The van der Waals surface area contributed by atoms with E-state index in [0.717, 1.165) is 17.7 Å². The lowest BCUT2D eigenvalue weighted by Crippen LogP contribution is -2.50. The van der Waals surface area contributed by atoms with Gasteiger partial charge in [0.2, 0.25) is 5.89 Å². The second-order valence-corrected chi connectivity index (χ2v) is 10.4. The van der Waals surface area contributed by atoms with Gasteiger partial charge in [0.15, 0.2) is 5.69 Å². The number of amides is 2. The average molecular weight is 476 g/mol. The SMILES string of the molecule is CSc1ccc(-c2nc(C(=O)N(C3CC3)C3CCN(C(=O)OC(C)(C)C)CC3)co2)c(F)c1. The first kappa shape index (κ1) is 23.6. The Bertz CT molecular complexity index is 1020. The van der Waals surface area contributed by atoms with Crippen LogP contribution in [0.25, 0.3) is 11.5 Å². The number of likely N-dealkylation sites (tertiary alicyclic amines) is 1. The molecule has 1 saturated heterocycles. The number of ether oxygens (including phenoxy) is 1. The van der Waals surface area contributed by atoms with Crippen molar-refractivity contribution in [3.63, 3.8) is 0 Å². The second-order valence-electron chi connectivity index (χ2n) is 9.53. The Morgan fingerprint density at radius 2 is 1.85 bits per heavy atom. The molecule has 2 aromatic rings. The zero-order valence-electron chi connectivity index (χ0n) is 19.5. The molecule has 2 amide bonds. The van der Waals surface area contributed by atoms with Gasteiger partial charge in [0.25, 0.3) is 5.91 Å². The summed E-state index contributed by atoms with van der Waals surface area (Å²) in [6.45, 7) is 6.61. The minimum absolute atomic E-state index is 0.0152. The third kappa shape index (κ3) is 5.51. The predicted molar refractivity (Wildman–Crippen MR) is 124 cm³/mol. The maximum atomic E-state index is 14.5. The van der Waals surface area contributed by atoms with Crippen LogP contribution in [0.1, 0.15) is 56.9 Å². The number of thioether (sulfide) groups is 1. The van der Waals surface area contributed by atoms with Gasteiger partial charge < -0.3 is 19.0 Å². The van der Waals surface area contributed by atoms with Gasteiger partial charge in [0.1, 0.15) is 17.7 Å². The zero-order chi connectivity index (χ0) is 23.8. The molecule has 2 heterocycles. The van der Waals surface area contributed by atoms with Crippen LogP contribution < -0.4 is 0 Å². The van der Waals surface area contributed by atoms with Gasteiger partial charge in [0.05, 0.1) is 5.56 Å². The molecule has 1 aliphatic heterocycles. The van der Waals surface area contributed by atoms with E-state index in [-0.39, 0.29) is 41.2 Å². The number of aromatic nitrogens is 1. The van der Waals surface area contributed by atoms with Crippen molar-refractivity contribution < 1.29 is 23.1 Å². The van der Waals surface area contributed by atoms with E-state index in [1.165, 1.54) is 24.1 Å². The van der Waals surface area contributed by atoms with Crippen LogP contribution >= 0.6 is 11.8 Å². The van der Waals surface area contributed by atoms with E-state index in [9.17, 15) is 14.0 Å². The lowest BCUT2D eigenvalue weighted by atomic mass is 10.0. The van der Waals surface area contributed by atoms with E-state index < -0.39 is 11.4 Å². The van der Waals surface area contributed by atoms with Gasteiger partial charge in [-0.05, 0) is 70.9 Å². The molecule has 0 unspecified atom stereocenters. The van der Waals surface area contributed by atoms with Crippen molar-refractivity contribution in [1.29, 1.82) is 0 Å². The molecule has 1 aromatic carbocycles. The van der Waals surface area contributed by atoms with Gasteiger partial charge in [-0.2, -0.15) is 0 Å². The Morgan fingerprint density at radius 1 is 1.18 bits per heavy atom. The number of halogens is 1.